The third-order valence-corrected chi connectivity index (χ3v) is 5.20. The van der Waals surface area contributed by atoms with Gasteiger partial charge in [-0.25, -0.2) is 4.98 Å². The second-order valence-electron chi connectivity index (χ2n) is 5.29. The molecule has 18 heavy (non-hydrogen) atoms. The molecule has 0 radical (unpaired) electrons. The average Bonchev–Trinajstić information content (AvgIpc) is 2.78. The SMILES string of the molecule is NC1CCCC2CN(c3nc[nH]c(=O)c3I)CC12. The van der Waals surface area contributed by atoms with Gasteiger partial charge in [0.15, 0.2) is 0 Å². The molecule has 3 rings (SSSR count). The van der Waals surface area contributed by atoms with Crippen LogP contribution in [0.2, 0.25) is 0 Å². The van der Waals surface area contributed by atoms with Crippen LogP contribution >= 0.6 is 22.6 Å². The highest BCUT2D eigenvalue weighted by molar-refractivity contribution is 14.1. The minimum absolute atomic E-state index is 0.0558. The fraction of sp³-hybridized carbons (Fsp3) is 0.667. The maximum absolute atomic E-state index is 11.6. The molecule has 3 atom stereocenters. The standard InChI is InChI=1S/C12H17IN4O/c13-10-11(15-6-16-12(10)18)17-4-7-2-1-3-9(14)8(7)5-17/h6-9H,1-5,14H2,(H,15,16,18). The maximum Gasteiger partial charge on any atom is 0.266 e. The lowest BCUT2D eigenvalue weighted by Crippen LogP contribution is -2.38. The Labute approximate surface area is 119 Å². The van der Waals surface area contributed by atoms with E-state index in [1.807, 2.05) is 0 Å². The molecule has 0 spiro atoms. The van der Waals surface area contributed by atoms with Crippen molar-refractivity contribution in [3.63, 3.8) is 0 Å². The summed E-state index contributed by atoms with van der Waals surface area (Å²) >= 11 is 2.07. The van der Waals surface area contributed by atoms with Gasteiger partial charge in [-0.05, 0) is 47.3 Å². The van der Waals surface area contributed by atoms with E-state index in [4.69, 9.17) is 5.73 Å². The van der Waals surface area contributed by atoms with Crippen LogP contribution in [-0.4, -0.2) is 29.1 Å². The lowest BCUT2D eigenvalue weighted by atomic mass is 9.78. The third-order valence-electron chi connectivity index (χ3n) is 4.23. The van der Waals surface area contributed by atoms with E-state index in [0.29, 0.717) is 21.4 Å². The number of H-pyrrole nitrogens is 1. The van der Waals surface area contributed by atoms with Crippen LogP contribution in [0.15, 0.2) is 11.1 Å². The minimum Gasteiger partial charge on any atom is -0.355 e. The second kappa shape index (κ2) is 4.80. The summed E-state index contributed by atoms with van der Waals surface area (Å²) in [4.78, 5) is 20.8. The van der Waals surface area contributed by atoms with Crippen molar-refractivity contribution in [2.24, 2.45) is 17.6 Å². The molecule has 1 aliphatic heterocycles. The van der Waals surface area contributed by atoms with E-state index >= 15 is 0 Å². The fourth-order valence-electron chi connectivity index (χ4n) is 3.28. The number of hydrogen-bond donors (Lipinski definition) is 2. The Morgan fingerprint density at radius 2 is 2.28 bits per heavy atom. The zero-order valence-corrected chi connectivity index (χ0v) is 12.3. The van der Waals surface area contributed by atoms with E-state index in [9.17, 15) is 4.79 Å². The summed E-state index contributed by atoms with van der Waals surface area (Å²) in [7, 11) is 0. The van der Waals surface area contributed by atoms with Gasteiger partial charge < -0.3 is 15.6 Å². The lowest BCUT2D eigenvalue weighted by Gasteiger charge is -2.29. The molecule has 0 amide bonds. The quantitative estimate of drug-likeness (QED) is 0.731. The van der Waals surface area contributed by atoms with Crippen LogP contribution in [0, 0.1) is 15.4 Å². The fourth-order valence-corrected chi connectivity index (χ4v) is 3.92. The normalized spacial score (nSPS) is 31.4. The van der Waals surface area contributed by atoms with Crippen LogP contribution in [0.25, 0.3) is 0 Å². The van der Waals surface area contributed by atoms with Gasteiger partial charge in [0.25, 0.3) is 5.56 Å². The van der Waals surface area contributed by atoms with Crippen LogP contribution in [-0.2, 0) is 0 Å². The van der Waals surface area contributed by atoms with Crippen LogP contribution < -0.4 is 16.2 Å². The first kappa shape index (κ1) is 12.4. The van der Waals surface area contributed by atoms with Crippen LogP contribution in [0.1, 0.15) is 19.3 Å². The molecule has 98 valence electrons. The zero-order chi connectivity index (χ0) is 12.7. The molecule has 0 bridgehead atoms. The van der Waals surface area contributed by atoms with Crippen LogP contribution in [0.5, 0.6) is 0 Å². The number of nitrogens with one attached hydrogen (secondary N) is 1. The van der Waals surface area contributed by atoms with Crippen molar-refractivity contribution < 1.29 is 0 Å². The Morgan fingerprint density at radius 1 is 1.44 bits per heavy atom. The largest absolute Gasteiger partial charge is 0.355 e. The topological polar surface area (TPSA) is 75.0 Å². The van der Waals surface area contributed by atoms with Crippen LogP contribution in [0.4, 0.5) is 5.82 Å². The highest BCUT2D eigenvalue weighted by Gasteiger charge is 2.39. The predicted molar refractivity (Wildman–Crippen MR) is 78.6 cm³/mol. The van der Waals surface area contributed by atoms with E-state index < -0.39 is 0 Å². The number of anilines is 1. The summed E-state index contributed by atoms with van der Waals surface area (Å²) in [6.45, 7) is 1.93. The highest BCUT2D eigenvalue weighted by atomic mass is 127. The van der Waals surface area contributed by atoms with Gasteiger partial charge in [-0.15, -0.1) is 0 Å². The molecular weight excluding hydrogens is 343 g/mol. The first-order valence-corrected chi connectivity index (χ1v) is 7.48. The lowest BCUT2D eigenvalue weighted by molar-refractivity contribution is 0.260. The molecule has 1 aliphatic carbocycles. The number of hydrogen-bond acceptors (Lipinski definition) is 4. The Bertz CT molecular complexity index is 503. The molecule has 1 aromatic heterocycles. The summed E-state index contributed by atoms with van der Waals surface area (Å²) in [6.07, 6.45) is 5.11. The summed E-state index contributed by atoms with van der Waals surface area (Å²) in [5.41, 5.74) is 6.16. The monoisotopic (exact) mass is 360 g/mol. The van der Waals surface area contributed by atoms with Gasteiger partial charge in [-0.2, -0.15) is 0 Å². The molecule has 1 saturated heterocycles. The van der Waals surface area contributed by atoms with E-state index in [-0.39, 0.29) is 5.56 Å². The van der Waals surface area contributed by atoms with Gasteiger partial charge in [-0.3, -0.25) is 4.79 Å². The number of nitrogens with zero attached hydrogens (tertiary/aromatic N) is 2. The van der Waals surface area contributed by atoms with E-state index in [1.165, 1.54) is 19.2 Å². The van der Waals surface area contributed by atoms with E-state index in [1.54, 1.807) is 0 Å². The minimum atomic E-state index is -0.0558. The summed E-state index contributed by atoms with van der Waals surface area (Å²) < 4.78 is 0.683. The molecule has 5 nitrogen and oxygen atoms in total. The van der Waals surface area contributed by atoms with Crippen molar-refractivity contribution in [1.29, 1.82) is 0 Å². The Hall–Kier alpha value is -0.630. The van der Waals surface area contributed by atoms with Gasteiger partial charge in [-0.1, -0.05) is 6.42 Å². The number of aromatic amines is 1. The van der Waals surface area contributed by atoms with Crippen molar-refractivity contribution >= 4 is 28.4 Å². The summed E-state index contributed by atoms with van der Waals surface area (Å²) in [5.74, 6) is 2.06. The summed E-state index contributed by atoms with van der Waals surface area (Å²) in [5, 5.41) is 0. The molecule has 2 heterocycles. The Kier molecular flexibility index (Phi) is 3.31. The Morgan fingerprint density at radius 3 is 3.06 bits per heavy atom. The smallest absolute Gasteiger partial charge is 0.266 e. The van der Waals surface area contributed by atoms with Gasteiger partial charge in [0.1, 0.15) is 9.39 Å². The van der Waals surface area contributed by atoms with E-state index in [2.05, 4.69) is 37.5 Å². The van der Waals surface area contributed by atoms with Gasteiger partial charge in [0, 0.05) is 19.1 Å². The highest BCUT2D eigenvalue weighted by Crippen LogP contribution is 2.37. The number of fused-ring (bicyclic) bond motifs is 1. The molecule has 1 aromatic rings. The van der Waals surface area contributed by atoms with Crippen molar-refractivity contribution in [2.75, 3.05) is 18.0 Å². The molecule has 2 aliphatic rings. The number of halogens is 1. The molecule has 2 fully saturated rings. The van der Waals surface area contributed by atoms with E-state index in [0.717, 1.165) is 25.3 Å². The average molecular weight is 360 g/mol. The molecule has 6 heteroatoms. The maximum atomic E-state index is 11.6. The van der Waals surface area contributed by atoms with Gasteiger partial charge >= 0.3 is 0 Å². The van der Waals surface area contributed by atoms with Crippen molar-refractivity contribution in [2.45, 2.75) is 25.3 Å². The third kappa shape index (κ3) is 2.05. The van der Waals surface area contributed by atoms with Gasteiger partial charge in [0.2, 0.25) is 0 Å². The molecular formula is C12H17IN4O. The molecule has 3 unspecified atom stereocenters. The van der Waals surface area contributed by atoms with Crippen LogP contribution in [0.3, 0.4) is 0 Å². The number of nitrogens with two attached hydrogens (primary N) is 1. The van der Waals surface area contributed by atoms with Crippen molar-refractivity contribution in [1.82, 2.24) is 9.97 Å². The first-order chi connectivity index (χ1) is 8.66. The van der Waals surface area contributed by atoms with Crippen molar-refractivity contribution in [3.05, 3.63) is 20.3 Å². The molecule has 0 aromatic carbocycles. The number of aromatic nitrogens is 2. The summed E-state index contributed by atoms with van der Waals surface area (Å²) in [6, 6.07) is 0.313. The number of rotatable bonds is 1. The molecule has 1 saturated carbocycles. The predicted octanol–water partition coefficient (Wildman–Crippen LogP) is 0.938. The zero-order valence-electron chi connectivity index (χ0n) is 10.1. The first-order valence-electron chi connectivity index (χ1n) is 6.40. The Balaban J connectivity index is 1.87. The van der Waals surface area contributed by atoms with Crippen molar-refractivity contribution in [3.8, 4) is 0 Å². The second-order valence-corrected chi connectivity index (χ2v) is 6.37. The molecule has 3 N–H and O–H groups in total. The van der Waals surface area contributed by atoms with Gasteiger partial charge in [0.05, 0.1) is 6.33 Å².